The highest BCUT2D eigenvalue weighted by Crippen LogP contribution is 2.32. The minimum Gasteiger partial charge on any atom is -0.380 e. The van der Waals surface area contributed by atoms with Gasteiger partial charge in [0.15, 0.2) is 5.82 Å². The van der Waals surface area contributed by atoms with Crippen LogP contribution < -0.4 is 15.5 Å². The number of aromatic nitrogens is 5. The summed E-state index contributed by atoms with van der Waals surface area (Å²) in [5.74, 6) is 2.15. The number of ether oxygens (including phenoxy) is 2. The Bertz CT molecular complexity index is 1090. The smallest absolute Gasteiger partial charge is 0.228 e. The largest absolute Gasteiger partial charge is 0.380 e. The van der Waals surface area contributed by atoms with Crippen LogP contribution in [0.5, 0.6) is 0 Å². The Morgan fingerprint density at radius 3 is 2.72 bits per heavy atom. The molecule has 1 unspecified atom stereocenters. The highest BCUT2D eigenvalue weighted by Gasteiger charge is 2.45. The average molecular weight is 439 g/mol. The molecule has 3 aromatic rings. The van der Waals surface area contributed by atoms with E-state index in [-0.39, 0.29) is 0 Å². The standard InChI is InChI=1S/C22H30N8O2/c1-4-31-9-8-30-20-19(17(28-30)13-32-5-2)26-22(29-11-15-16(12-29)24-15)27-21(20)25-18-10-14(3)6-7-23-18/h6-7,10,15-16,24H,4-5,8-9,11-13H2,1-3H3,(H,23,25,26,27)/t15-,16?/m1/s1. The van der Waals surface area contributed by atoms with Crippen molar-refractivity contribution >= 4 is 28.6 Å². The number of nitrogens with zero attached hydrogens (tertiary/aromatic N) is 6. The number of rotatable bonds is 10. The second-order valence-electron chi connectivity index (χ2n) is 8.20. The summed E-state index contributed by atoms with van der Waals surface area (Å²) in [6.45, 7) is 10.7. The number of pyridine rings is 1. The topological polar surface area (TPSA) is 112 Å². The number of nitrogens with one attached hydrogen (secondary N) is 2. The van der Waals surface area contributed by atoms with Gasteiger partial charge < -0.3 is 25.0 Å². The van der Waals surface area contributed by atoms with Crippen LogP contribution >= 0.6 is 0 Å². The third kappa shape index (κ3) is 4.25. The molecule has 2 aliphatic rings. The van der Waals surface area contributed by atoms with Gasteiger partial charge in [-0.3, -0.25) is 4.68 Å². The maximum Gasteiger partial charge on any atom is 0.228 e. The third-order valence-corrected chi connectivity index (χ3v) is 5.82. The van der Waals surface area contributed by atoms with Crippen LogP contribution in [0, 0.1) is 6.92 Å². The van der Waals surface area contributed by atoms with Gasteiger partial charge >= 0.3 is 0 Å². The lowest BCUT2D eigenvalue weighted by Crippen LogP contribution is -2.29. The summed E-state index contributed by atoms with van der Waals surface area (Å²) in [6, 6.07) is 5.06. The fourth-order valence-electron chi connectivity index (χ4n) is 4.13. The molecule has 170 valence electrons. The van der Waals surface area contributed by atoms with E-state index in [9.17, 15) is 0 Å². The van der Waals surface area contributed by atoms with Crippen LogP contribution in [0.15, 0.2) is 18.3 Å². The van der Waals surface area contributed by atoms with Crippen LogP contribution in [0.3, 0.4) is 0 Å². The van der Waals surface area contributed by atoms with Crippen molar-refractivity contribution in [2.45, 2.75) is 46.0 Å². The first kappa shape index (κ1) is 21.0. The van der Waals surface area contributed by atoms with E-state index in [1.165, 1.54) is 0 Å². The summed E-state index contributed by atoms with van der Waals surface area (Å²) in [5, 5.41) is 11.7. The molecule has 2 atom stereocenters. The zero-order valence-corrected chi connectivity index (χ0v) is 18.8. The van der Waals surface area contributed by atoms with E-state index in [1.807, 2.05) is 37.6 Å². The molecule has 10 nitrogen and oxygen atoms in total. The highest BCUT2D eigenvalue weighted by molar-refractivity contribution is 5.90. The lowest BCUT2D eigenvalue weighted by molar-refractivity contribution is 0.128. The molecule has 0 spiro atoms. The van der Waals surface area contributed by atoms with Gasteiger partial charge in [0.1, 0.15) is 22.5 Å². The molecule has 0 radical (unpaired) electrons. The van der Waals surface area contributed by atoms with E-state index >= 15 is 0 Å². The van der Waals surface area contributed by atoms with Gasteiger partial charge in [0.25, 0.3) is 0 Å². The van der Waals surface area contributed by atoms with E-state index in [0.29, 0.717) is 56.8 Å². The first-order chi connectivity index (χ1) is 15.7. The Morgan fingerprint density at radius 1 is 1.16 bits per heavy atom. The SMILES string of the molecule is CCOCCn1nc(COCC)c2nc(N3CC4N[C@@H]4C3)nc(Nc3cc(C)ccn3)c21. The van der Waals surface area contributed by atoms with Crippen molar-refractivity contribution in [3.63, 3.8) is 0 Å². The number of aryl methyl sites for hydroxylation is 1. The van der Waals surface area contributed by atoms with E-state index in [4.69, 9.17) is 24.5 Å². The molecule has 32 heavy (non-hydrogen) atoms. The molecule has 0 aliphatic carbocycles. The lowest BCUT2D eigenvalue weighted by Gasteiger charge is -2.19. The molecule has 0 bridgehead atoms. The highest BCUT2D eigenvalue weighted by atomic mass is 16.5. The van der Waals surface area contributed by atoms with Gasteiger partial charge in [0.05, 0.1) is 19.8 Å². The quantitative estimate of drug-likeness (QED) is 0.362. The van der Waals surface area contributed by atoms with Crippen LogP contribution in [0.1, 0.15) is 25.1 Å². The van der Waals surface area contributed by atoms with Crippen molar-refractivity contribution in [2.75, 3.05) is 43.1 Å². The minimum absolute atomic E-state index is 0.403. The van der Waals surface area contributed by atoms with Crippen molar-refractivity contribution in [3.8, 4) is 0 Å². The Kier molecular flexibility index (Phi) is 5.90. The second kappa shape index (κ2) is 8.97. The molecule has 2 N–H and O–H groups in total. The number of fused-ring (bicyclic) bond motifs is 2. The Balaban J connectivity index is 1.59. The van der Waals surface area contributed by atoms with Crippen molar-refractivity contribution in [1.82, 2.24) is 30.0 Å². The van der Waals surface area contributed by atoms with Gasteiger partial charge in [-0.15, -0.1) is 0 Å². The fraction of sp³-hybridized carbons (Fsp3) is 0.545. The summed E-state index contributed by atoms with van der Waals surface area (Å²) in [4.78, 5) is 16.6. The van der Waals surface area contributed by atoms with Gasteiger partial charge in [-0.05, 0) is 38.5 Å². The summed E-state index contributed by atoms with van der Waals surface area (Å²) >= 11 is 0. The maximum atomic E-state index is 5.71. The Morgan fingerprint density at radius 2 is 1.97 bits per heavy atom. The predicted octanol–water partition coefficient (Wildman–Crippen LogP) is 2.01. The normalized spacial score (nSPS) is 19.5. The van der Waals surface area contributed by atoms with Crippen LogP contribution in [-0.2, 0) is 22.6 Å². The maximum absolute atomic E-state index is 5.71. The molecule has 2 saturated heterocycles. The average Bonchev–Trinajstić information content (AvgIpc) is 3.23. The molecule has 3 aromatic heterocycles. The molecular weight excluding hydrogens is 408 g/mol. The van der Waals surface area contributed by atoms with Crippen LogP contribution in [0.4, 0.5) is 17.6 Å². The number of piperazine rings is 1. The van der Waals surface area contributed by atoms with E-state index in [0.717, 1.165) is 41.2 Å². The summed E-state index contributed by atoms with van der Waals surface area (Å²) in [6.07, 6.45) is 1.80. The third-order valence-electron chi connectivity index (χ3n) is 5.82. The van der Waals surface area contributed by atoms with Gasteiger partial charge in [-0.25, -0.2) is 9.97 Å². The van der Waals surface area contributed by atoms with Gasteiger partial charge in [-0.1, -0.05) is 0 Å². The lowest BCUT2D eigenvalue weighted by atomic mass is 10.3. The number of hydrogen-bond donors (Lipinski definition) is 2. The van der Waals surface area contributed by atoms with Crippen molar-refractivity contribution in [1.29, 1.82) is 0 Å². The number of hydrogen-bond acceptors (Lipinski definition) is 9. The molecule has 2 fully saturated rings. The minimum atomic E-state index is 0.403. The van der Waals surface area contributed by atoms with Crippen molar-refractivity contribution in [3.05, 3.63) is 29.6 Å². The zero-order chi connectivity index (χ0) is 22.1. The fourth-order valence-corrected chi connectivity index (χ4v) is 4.13. The molecular formula is C22H30N8O2. The van der Waals surface area contributed by atoms with Crippen molar-refractivity contribution < 1.29 is 9.47 Å². The summed E-state index contributed by atoms with van der Waals surface area (Å²) in [5.41, 5.74) is 3.59. The van der Waals surface area contributed by atoms with Crippen LogP contribution in [0.2, 0.25) is 0 Å². The first-order valence-corrected chi connectivity index (χ1v) is 11.3. The predicted molar refractivity (Wildman–Crippen MR) is 122 cm³/mol. The molecule has 5 heterocycles. The molecule has 0 amide bonds. The molecule has 0 saturated carbocycles. The van der Waals surface area contributed by atoms with E-state index in [2.05, 4.69) is 20.5 Å². The van der Waals surface area contributed by atoms with Gasteiger partial charge in [0, 0.05) is 44.6 Å². The van der Waals surface area contributed by atoms with E-state index in [1.54, 1.807) is 6.20 Å². The summed E-state index contributed by atoms with van der Waals surface area (Å²) < 4.78 is 13.2. The van der Waals surface area contributed by atoms with E-state index < -0.39 is 0 Å². The van der Waals surface area contributed by atoms with Gasteiger partial charge in [-0.2, -0.15) is 10.1 Å². The molecule has 0 aromatic carbocycles. The molecule has 5 rings (SSSR count). The monoisotopic (exact) mass is 438 g/mol. The van der Waals surface area contributed by atoms with Gasteiger partial charge in [0.2, 0.25) is 5.95 Å². The first-order valence-electron chi connectivity index (χ1n) is 11.3. The number of anilines is 3. The summed E-state index contributed by atoms with van der Waals surface area (Å²) in [7, 11) is 0. The van der Waals surface area contributed by atoms with Crippen molar-refractivity contribution in [2.24, 2.45) is 0 Å². The Labute approximate surface area is 187 Å². The van der Waals surface area contributed by atoms with Crippen LogP contribution in [-0.4, -0.2) is 69.7 Å². The second-order valence-corrected chi connectivity index (χ2v) is 8.20. The Hall–Kier alpha value is -2.82. The zero-order valence-electron chi connectivity index (χ0n) is 18.8. The molecule has 2 aliphatic heterocycles. The molecule has 10 heteroatoms. The van der Waals surface area contributed by atoms with Crippen LogP contribution in [0.25, 0.3) is 11.0 Å².